The summed E-state index contributed by atoms with van der Waals surface area (Å²) < 4.78 is 27.3. The van der Waals surface area contributed by atoms with Crippen molar-refractivity contribution in [3.8, 4) is 11.3 Å². The number of likely N-dealkylation sites (N-methyl/N-ethyl adjacent to an activating group) is 1. The third kappa shape index (κ3) is 4.39. The first-order chi connectivity index (χ1) is 13.4. The van der Waals surface area contributed by atoms with Crippen LogP contribution in [-0.2, 0) is 6.61 Å². The number of aromatic amines is 1. The summed E-state index contributed by atoms with van der Waals surface area (Å²) in [6.45, 7) is 0.260. The summed E-state index contributed by atoms with van der Waals surface area (Å²) >= 11 is 6.83. The molecular formula is C18H17ClF2N4O2S. The van der Waals surface area contributed by atoms with Crippen LogP contribution in [0.15, 0.2) is 29.6 Å². The number of carbonyl (C=O) groups excluding carboxylic acids is 1. The first-order valence-corrected chi connectivity index (χ1v) is 9.53. The van der Waals surface area contributed by atoms with Crippen molar-refractivity contribution in [2.45, 2.75) is 12.6 Å². The predicted octanol–water partition coefficient (Wildman–Crippen LogP) is 3.25. The van der Waals surface area contributed by atoms with Crippen molar-refractivity contribution < 1.29 is 18.7 Å². The number of carbonyl (C=O) groups is 1. The number of nitrogens with one attached hydrogen (secondary N) is 3. The van der Waals surface area contributed by atoms with Crippen molar-refractivity contribution in [2.75, 3.05) is 13.6 Å². The number of thiazole rings is 1. The van der Waals surface area contributed by atoms with Gasteiger partial charge in [-0.2, -0.15) is 0 Å². The third-order valence-electron chi connectivity index (χ3n) is 3.97. The number of nitrogens with zero attached hydrogens (tertiary/aromatic N) is 1. The minimum absolute atomic E-state index is 0.176. The van der Waals surface area contributed by atoms with Gasteiger partial charge < -0.3 is 20.7 Å². The lowest BCUT2D eigenvalue weighted by atomic mass is 10.1. The predicted molar refractivity (Wildman–Crippen MR) is 103 cm³/mol. The van der Waals surface area contributed by atoms with Gasteiger partial charge in [0.05, 0.1) is 18.3 Å². The number of rotatable bonds is 7. The van der Waals surface area contributed by atoms with Gasteiger partial charge in [-0.05, 0) is 31.3 Å². The second-order valence-electron chi connectivity index (χ2n) is 5.96. The van der Waals surface area contributed by atoms with Crippen molar-refractivity contribution >= 4 is 28.8 Å². The van der Waals surface area contributed by atoms with E-state index < -0.39 is 28.6 Å². The summed E-state index contributed by atoms with van der Waals surface area (Å²) in [6.07, 6.45) is 0. The topological polar surface area (TPSA) is 90.0 Å². The molecule has 0 aliphatic heterocycles. The van der Waals surface area contributed by atoms with E-state index in [1.807, 2.05) is 0 Å². The monoisotopic (exact) mass is 426 g/mol. The molecular weight excluding hydrogens is 410 g/mol. The lowest BCUT2D eigenvalue weighted by molar-refractivity contribution is 0.0932. The fraction of sp³-hybridized carbons (Fsp3) is 0.222. The summed E-state index contributed by atoms with van der Waals surface area (Å²) in [5.74, 6) is -2.16. The van der Waals surface area contributed by atoms with Crippen LogP contribution in [0.5, 0.6) is 0 Å². The lowest BCUT2D eigenvalue weighted by Crippen LogP contribution is -2.34. The highest BCUT2D eigenvalue weighted by Gasteiger charge is 2.20. The van der Waals surface area contributed by atoms with Crippen molar-refractivity contribution in [3.63, 3.8) is 0 Å². The van der Waals surface area contributed by atoms with Crippen LogP contribution in [0, 0.1) is 11.6 Å². The van der Waals surface area contributed by atoms with Crippen LogP contribution in [0.25, 0.3) is 11.3 Å². The zero-order valence-corrected chi connectivity index (χ0v) is 16.3. The van der Waals surface area contributed by atoms with Gasteiger partial charge >= 0.3 is 0 Å². The number of aliphatic hydroxyl groups is 1. The van der Waals surface area contributed by atoms with Crippen LogP contribution in [0.1, 0.15) is 27.2 Å². The number of H-pyrrole nitrogens is 1. The molecule has 3 aromatic rings. The normalized spacial score (nSPS) is 12.2. The molecule has 0 bridgehead atoms. The minimum Gasteiger partial charge on any atom is -0.390 e. The second-order valence-corrected chi connectivity index (χ2v) is 7.23. The van der Waals surface area contributed by atoms with E-state index in [1.54, 1.807) is 18.5 Å². The van der Waals surface area contributed by atoms with Gasteiger partial charge in [0.15, 0.2) is 0 Å². The van der Waals surface area contributed by atoms with E-state index >= 15 is 0 Å². The fourth-order valence-corrected chi connectivity index (χ4v) is 3.57. The Labute approximate surface area is 168 Å². The summed E-state index contributed by atoms with van der Waals surface area (Å²) in [4.78, 5) is 19.7. The van der Waals surface area contributed by atoms with Crippen molar-refractivity contribution in [3.05, 3.63) is 62.7 Å². The molecule has 0 unspecified atom stereocenters. The molecule has 0 spiro atoms. The molecule has 148 valence electrons. The maximum atomic E-state index is 13.7. The summed E-state index contributed by atoms with van der Waals surface area (Å²) in [7, 11) is 1.75. The molecule has 4 N–H and O–H groups in total. The van der Waals surface area contributed by atoms with Crippen LogP contribution < -0.4 is 10.6 Å². The second kappa shape index (κ2) is 8.78. The fourth-order valence-electron chi connectivity index (χ4n) is 2.60. The minimum atomic E-state index is -0.880. The maximum Gasteiger partial charge on any atom is 0.268 e. The smallest absolute Gasteiger partial charge is 0.268 e. The molecule has 28 heavy (non-hydrogen) atoms. The molecule has 0 aliphatic carbocycles. The van der Waals surface area contributed by atoms with E-state index in [0.717, 1.165) is 12.1 Å². The third-order valence-corrected chi connectivity index (χ3v) is 5.34. The molecule has 6 nitrogen and oxygen atoms in total. The molecule has 0 aliphatic rings. The van der Waals surface area contributed by atoms with E-state index in [2.05, 4.69) is 20.6 Å². The molecule has 2 heterocycles. The van der Waals surface area contributed by atoms with E-state index in [4.69, 9.17) is 16.7 Å². The van der Waals surface area contributed by atoms with Gasteiger partial charge in [-0.15, -0.1) is 11.3 Å². The number of amides is 1. The first-order valence-electron chi connectivity index (χ1n) is 8.27. The van der Waals surface area contributed by atoms with Crippen LogP contribution in [0.3, 0.4) is 0 Å². The Morgan fingerprint density at radius 1 is 1.36 bits per heavy atom. The van der Waals surface area contributed by atoms with Crippen LogP contribution >= 0.6 is 22.9 Å². The van der Waals surface area contributed by atoms with Crippen molar-refractivity contribution in [1.82, 2.24) is 20.6 Å². The average Bonchev–Trinajstić information content (AvgIpc) is 3.35. The van der Waals surface area contributed by atoms with E-state index in [1.165, 1.54) is 17.4 Å². The van der Waals surface area contributed by atoms with Gasteiger partial charge in [0.2, 0.25) is 0 Å². The van der Waals surface area contributed by atoms with Gasteiger partial charge in [0.25, 0.3) is 5.91 Å². The van der Waals surface area contributed by atoms with Crippen LogP contribution in [0.4, 0.5) is 8.78 Å². The molecule has 1 amide bonds. The zero-order valence-electron chi connectivity index (χ0n) is 14.7. The molecule has 0 radical (unpaired) electrons. The molecule has 10 heteroatoms. The Bertz CT molecular complexity index is 969. The van der Waals surface area contributed by atoms with Crippen LogP contribution in [0.2, 0.25) is 5.02 Å². The summed E-state index contributed by atoms with van der Waals surface area (Å²) in [5.41, 5.74) is 1.37. The highest BCUT2D eigenvalue weighted by Crippen LogP contribution is 2.27. The van der Waals surface area contributed by atoms with Crippen LogP contribution in [-0.4, -0.2) is 34.6 Å². The molecule has 0 saturated heterocycles. The Morgan fingerprint density at radius 3 is 2.68 bits per heavy atom. The zero-order chi connectivity index (χ0) is 20.3. The van der Waals surface area contributed by atoms with Gasteiger partial charge in [-0.3, -0.25) is 4.79 Å². The van der Waals surface area contributed by atoms with E-state index in [0.29, 0.717) is 22.9 Å². The van der Waals surface area contributed by atoms with Crippen molar-refractivity contribution in [1.29, 1.82) is 0 Å². The standard InChI is InChI=1S/C18H17ClF2N4O2S/c1-22-6-15(18-23-10(7-26)8-28-18)25-17(27)14-3-2-13(24-14)9-4-11(20)16(19)12(21)5-9/h2-5,8,15,22,24,26H,6-7H2,1H3,(H,25,27)/t15-/m1/s1. The Morgan fingerprint density at radius 2 is 2.07 bits per heavy atom. The number of benzene rings is 1. The van der Waals surface area contributed by atoms with Gasteiger partial charge in [0.1, 0.15) is 27.4 Å². The van der Waals surface area contributed by atoms with Gasteiger partial charge in [-0.25, -0.2) is 13.8 Å². The summed E-state index contributed by atoms with van der Waals surface area (Å²) in [5, 5.41) is 16.8. The molecule has 0 saturated carbocycles. The molecule has 0 fully saturated rings. The van der Waals surface area contributed by atoms with E-state index in [-0.39, 0.29) is 17.9 Å². The number of aromatic nitrogens is 2. The first kappa shape index (κ1) is 20.4. The van der Waals surface area contributed by atoms with Gasteiger partial charge in [0, 0.05) is 23.2 Å². The number of aliphatic hydroxyl groups excluding tert-OH is 1. The molecule has 2 aromatic heterocycles. The SMILES string of the molecule is CNC[C@@H](NC(=O)c1ccc(-c2cc(F)c(Cl)c(F)c2)[nH]1)c1nc(CO)cs1. The van der Waals surface area contributed by atoms with Crippen molar-refractivity contribution in [2.24, 2.45) is 0 Å². The molecule has 3 rings (SSSR count). The number of halogens is 3. The number of hydrogen-bond donors (Lipinski definition) is 4. The largest absolute Gasteiger partial charge is 0.390 e. The molecule has 1 aromatic carbocycles. The Hall–Kier alpha value is -2.33. The Balaban J connectivity index is 1.79. The molecule has 1 atom stereocenters. The van der Waals surface area contributed by atoms with Gasteiger partial charge in [-0.1, -0.05) is 11.6 Å². The Kier molecular flexibility index (Phi) is 6.40. The summed E-state index contributed by atoms with van der Waals surface area (Å²) in [6, 6.07) is 4.85. The maximum absolute atomic E-state index is 13.7. The lowest BCUT2D eigenvalue weighted by Gasteiger charge is -2.15. The number of hydrogen-bond acceptors (Lipinski definition) is 5. The quantitative estimate of drug-likeness (QED) is 0.436. The van der Waals surface area contributed by atoms with E-state index in [9.17, 15) is 13.6 Å². The highest BCUT2D eigenvalue weighted by atomic mass is 35.5. The highest BCUT2D eigenvalue weighted by molar-refractivity contribution is 7.09. The average molecular weight is 427 g/mol.